The molecule has 0 radical (unpaired) electrons. The predicted molar refractivity (Wildman–Crippen MR) is 82.9 cm³/mol. The van der Waals surface area contributed by atoms with Crippen LogP contribution < -0.4 is 5.73 Å². The first-order chi connectivity index (χ1) is 9.13. The van der Waals surface area contributed by atoms with Crippen molar-refractivity contribution >= 4 is 23.2 Å². The Labute approximate surface area is 125 Å². The van der Waals surface area contributed by atoms with E-state index in [2.05, 4.69) is 11.8 Å². The van der Waals surface area contributed by atoms with E-state index in [0.29, 0.717) is 12.6 Å². The van der Waals surface area contributed by atoms with Gasteiger partial charge in [-0.25, -0.2) is 0 Å². The zero-order valence-corrected chi connectivity index (χ0v) is 12.9. The minimum Gasteiger partial charge on any atom is -0.329 e. The Bertz CT molecular complexity index is 423. The van der Waals surface area contributed by atoms with E-state index in [1.165, 1.54) is 25.7 Å². The van der Waals surface area contributed by atoms with Crippen LogP contribution in [0.4, 0.5) is 0 Å². The first kappa shape index (κ1) is 15.1. The maximum Gasteiger partial charge on any atom is 0.0488 e. The smallest absolute Gasteiger partial charge is 0.0488 e. The molecule has 2 rings (SSSR count). The van der Waals surface area contributed by atoms with Gasteiger partial charge in [0.1, 0.15) is 0 Å². The minimum atomic E-state index is 0.166. The van der Waals surface area contributed by atoms with Gasteiger partial charge in [0.2, 0.25) is 0 Å². The van der Waals surface area contributed by atoms with E-state index in [1.54, 1.807) is 0 Å². The van der Waals surface area contributed by atoms with Gasteiger partial charge >= 0.3 is 0 Å². The molecule has 1 aliphatic rings. The number of rotatable bonds is 3. The molecule has 4 heteroatoms. The summed E-state index contributed by atoms with van der Waals surface area (Å²) in [6.45, 7) is 3.95. The van der Waals surface area contributed by atoms with Crippen molar-refractivity contribution in [2.45, 2.75) is 44.7 Å². The summed E-state index contributed by atoms with van der Waals surface area (Å²) in [5.74, 6) is 0. The van der Waals surface area contributed by atoms with Crippen molar-refractivity contribution in [1.82, 2.24) is 4.90 Å². The highest BCUT2D eigenvalue weighted by molar-refractivity contribution is 6.33. The van der Waals surface area contributed by atoms with Gasteiger partial charge in [0.05, 0.1) is 0 Å². The summed E-state index contributed by atoms with van der Waals surface area (Å²) in [6.07, 6.45) is 5.08. The van der Waals surface area contributed by atoms with Crippen molar-refractivity contribution < 1.29 is 0 Å². The van der Waals surface area contributed by atoms with E-state index >= 15 is 0 Å². The molecule has 1 saturated heterocycles. The van der Waals surface area contributed by atoms with Crippen molar-refractivity contribution in [2.75, 3.05) is 13.1 Å². The SMILES string of the molecule is CC1CCCCCN1C(CN)c1cc(Cl)ccc1Cl. The van der Waals surface area contributed by atoms with Gasteiger partial charge in [-0.3, -0.25) is 4.90 Å². The lowest BCUT2D eigenvalue weighted by Gasteiger charge is -2.35. The van der Waals surface area contributed by atoms with Crippen LogP contribution in [0.15, 0.2) is 18.2 Å². The average molecular weight is 301 g/mol. The number of halogens is 2. The van der Waals surface area contributed by atoms with Crippen LogP contribution in [0.3, 0.4) is 0 Å². The monoisotopic (exact) mass is 300 g/mol. The molecule has 1 heterocycles. The molecule has 2 N–H and O–H groups in total. The van der Waals surface area contributed by atoms with Crippen LogP contribution in [0.1, 0.15) is 44.2 Å². The van der Waals surface area contributed by atoms with Crippen molar-refractivity contribution in [3.8, 4) is 0 Å². The Kier molecular flexibility index (Phi) is 5.52. The van der Waals surface area contributed by atoms with Gasteiger partial charge in [0, 0.05) is 28.7 Å². The fourth-order valence-corrected chi connectivity index (χ4v) is 3.40. The Hall–Kier alpha value is -0.280. The second-order valence-corrected chi connectivity index (χ2v) is 6.20. The molecule has 106 valence electrons. The fraction of sp³-hybridized carbons (Fsp3) is 0.600. The van der Waals surface area contributed by atoms with E-state index in [1.807, 2.05) is 18.2 Å². The van der Waals surface area contributed by atoms with E-state index in [9.17, 15) is 0 Å². The van der Waals surface area contributed by atoms with E-state index in [0.717, 1.165) is 22.2 Å². The maximum absolute atomic E-state index is 6.34. The van der Waals surface area contributed by atoms with E-state index in [-0.39, 0.29) is 6.04 Å². The molecular weight excluding hydrogens is 279 g/mol. The summed E-state index contributed by atoms with van der Waals surface area (Å²) in [5.41, 5.74) is 7.09. The van der Waals surface area contributed by atoms with Crippen molar-refractivity contribution in [3.63, 3.8) is 0 Å². The summed E-state index contributed by atoms with van der Waals surface area (Å²) < 4.78 is 0. The normalized spacial score (nSPS) is 23.1. The molecule has 0 saturated carbocycles. The Morgan fingerprint density at radius 1 is 1.32 bits per heavy atom. The van der Waals surface area contributed by atoms with Crippen LogP contribution in [0.2, 0.25) is 10.0 Å². The maximum atomic E-state index is 6.34. The summed E-state index contributed by atoms with van der Waals surface area (Å²) in [7, 11) is 0. The van der Waals surface area contributed by atoms with Gasteiger partial charge in [-0.1, -0.05) is 36.0 Å². The van der Waals surface area contributed by atoms with Crippen molar-refractivity contribution in [2.24, 2.45) is 5.73 Å². The van der Waals surface area contributed by atoms with Crippen LogP contribution in [0.5, 0.6) is 0 Å². The third-order valence-corrected chi connectivity index (χ3v) is 4.62. The van der Waals surface area contributed by atoms with E-state index < -0.39 is 0 Å². The van der Waals surface area contributed by atoms with Crippen molar-refractivity contribution in [3.05, 3.63) is 33.8 Å². The molecule has 2 unspecified atom stereocenters. The Morgan fingerprint density at radius 3 is 2.84 bits per heavy atom. The number of hydrogen-bond donors (Lipinski definition) is 1. The molecule has 1 aromatic carbocycles. The number of benzene rings is 1. The average Bonchev–Trinajstić information content (AvgIpc) is 2.60. The minimum absolute atomic E-state index is 0.166. The van der Waals surface area contributed by atoms with Crippen LogP contribution in [0, 0.1) is 0 Å². The lowest BCUT2D eigenvalue weighted by Crippen LogP contribution is -2.39. The molecule has 19 heavy (non-hydrogen) atoms. The van der Waals surface area contributed by atoms with Gasteiger partial charge in [-0.05, 0) is 50.1 Å². The number of nitrogens with zero attached hydrogens (tertiary/aromatic N) is 1. The van der Waals surface area contributed by atoms with Gasteiger partial charge in [0.15, 0.2) is 0 Å². The van der Waals surface area contributed by atoms with Gasteiger partial charge in [-0.2, -0.15) is 0 Å². The number of hydrogen-bond acceptors (Lipinski definition) is 2. The second-order valence-electron chi connectivity index (χ2n) is 5.35. The molecule has 2 nitrogen and oxygen atoms in total. The van der Waals surface area contributed by atoms with Crippen LogP contribution in [-0.4, -0.2) is 24.0 Å². The van der Waals surface area contributed by atoms with Gasteiger partial charge in [-0.15, -0.1) is 0 Å². The second kappa shape index (κ2) is 6.94. The van der Waals surface area contributed by atoms with Gasteiger partial charge < -0.3 is 5.73 Å². The van der Waals surface area contributed by atoms with Crippen LogP contribution in [0.25, 0.3) is 0 Å². The molecule has 1 aromatic rings. The summed E-state index contributed by atoms with van der Waals surface area (Å²) >= 11 is 12.4. The molecule has 0 amide bonds. The summed E-state index contributed by atoms with van der Waals surface area (Å²) in [6, 6.07) is 6.36. The third kappa shape index (κ3) is 3.63. The molecule has 1 aliphatic heterocycles. The fourth-order valence-electron chi connectivity index (χ4n) is 2.97. The van der Waals surface area contributed by atoms with Crippen LogP contribution >= 0.6 is 23.2 Å². The Balaban J connectivity index is 2.29. The molecule has 0 bridgehead atoms. The first-order valence-electron chi connectivity index (χ1n) is 7.04. The van der Waals surface area contributed by atoms with Crippen LogP contribution in [-0.2, 0) is 0 Å². The molecule has 1 fully saturated rings. The Morgan fingerprint density at radius 2 is 2.11 bits per heavy atom. The lowest BCUT2D eigenvalue weighted by molar-refractivity contribution is 0.151. The zero-order valence-electron chi connectivity index (χ0n) is 11.4. The van der Waals surface area contributed by atoms with E-state index in [4.69, 9.17) is 28.9 Å². The number of likely N-dealkylation sites (tertiary alicyclic amines) is 1. The number of nitrogens with two attached hydrogens (primary N) is 1. The highest BCUT2D eigenvalue weighted by Gasteiger charge is 2.26. The molecule has 2 atom stereocenters. The first-order valence-corrected chi connectivity index (χ1v) is 7.80. The van der Waals surface area contributed by atoms with Gasteiger partial charge in [0.25, 0.3) is 0 Å². The molecule has 0 aromatic heterocycles. The standard InChI is InChI=1S/C15H22Cl2N2/c1-11-5-3-2-4-8-19(11)15(10-18)13-9-12(16)6-7-14(13)17/h6-7,9,11,15H,2-5,8,10,18H2,1H3. The highest BCUT2D eigenvalue weighted by Crippen LogP contribution is 2.32. The summed E-state index contributed by atoms with van der Waals surface area (Å²) in [4.78, 5) is 2.49. The largest absolute Gasteiger partial charge is 0.329 e. The highest BCUT2D eigenvalue weighted by atomic mass is 35.5. The third-order valence-electron chi connectivity index (χ3n) is 4.05. The summed E-state index contributed by atoms with van der Waals surface area (Å²) in [5, 5.41) is 1.48. The molecule has 0 spiro atoms. The predicted octanol–water partition coefficient (Wildman–Crippen LogP) is 4.26. The quantitative estimate of drug-likeness (QED) is 0.904. The molecule has 0 aliphatic carbocycles. The lowest BCUT2D eigenvalue weighted by atomic mass is 10.0. The molecular formula is C15H22Cl2N2. The topological polar surface area (TPSA) is 29.3 Å². The zero-order chi connectivity index (χ0) is 13.8. The van der Waals surface area contributed by atoms with Crippen molar-refractivity contribution in [1.29, 1.82) is 0 Å².